The number of carbonyl (C=O) groups excluding carboxylic acids is 1. The molecule has 1 aliphatic rings. The summed E-state index contributed by atoms with van der Waals surface area (Å²) >= 11 is 0. The zero-order chi connectivity index (χ0) is 12.3. The zero-order valence-corrected chi connectivity index (χ0v) is 8.39. The van der Waals surface area contributed by atoms with Crippen molar-refractivity contribution in [1.29, 1.82) is 0 Å². The van der Waals surface area contributed by atoms with Crippen molar-refractivity contribution < 1.29 is 34.7 Å². The number of carbonyl (C=O) groups is 1. The van der Waals surface area contributed by atoms with Gasteiger partial charge in [0.05, 0.1) is 6.61 Å². The quantitative estimate of drug-likeness (QED) is 0.338. The van der Waals surface area contributed by atoms with Gasteiger partial charge in [0.2, 0.25) is 5.91 Å². The summed E-state index contributed by atoms with van der Waals surface area (Å²) in [5.41, 5.74) is 4.82. The molecule has 1 amide bonds. The number of aliphatic hydroxyl groups is 4. The molecule has 0 aromatic rings. The Morgan fingerprint density at radius 1 is 1.25 bits per heavy atom. The van der Waals surface area contributed by atoms with Crippen molar-refractivity contribution in [3.63, 3.8) is 0 Å². The van der Waals surface area contributed by atoms with Crippen LogP contribution in [0.5, 0.6) is 0 Å². The SMILES string of the molecule is NC(=O)CO[C@@H]1O[C@H](CO)[C@@H](O)[C@H](O)[C@@H]1O. The Morgan fingerprint density at radius 2 is 1.88 bits per heavy atom. The van der Waals surface area contributed by atoms with Crippen molar-refractivity contribution in [2.75, 3.05) is 13.2 Å². The van der Waals surface area contributed by atoms with Crippen molar-refractivity contribution in [3.05, 3.63) is 0 Å². The number of nitrogens with two attached hydrogens (primary N) is 1. The molecule has 0 spiro atoms. The van der Waals surface area contributed by atoms with Gasteiger partial charge < -0.3 is 35.6 Å². The second-order valence-electron chi connectivity index (χ2n) is 3.47. The number of hydrogen-bond donors (Lipinski definition) is 5. The average Bonchev–Trinajstić information content (AvgIpc) is 2.25. The largest absolute Gasteiger partial charge is 0.394 e. The van der Waals surface area contributed by atoms with Crippen molar-refractivity contribution in [1.82, 2.24) is 0 Å². The van der Waals surface area contributed by atoms with Crippen LogP contribution in [-0.4, -0.2) is 70.3 Å². The van der Waals surface area contributed by atoms with Crippen LogP contribution in [0.15, 0.2) is 0 Å². The Balaban J connectivity index is 2.60. The fourth-order valence-electron chi connectivity index (χ4n) is 1.37. The first-order valence-corrected chi connectivity index (χ1v) is 4.67. The lowest BCUT2D eigenvalue weighted by molar-refractivity contribution is -0.299. The van der Waals surface area contributed by atoms with E-state index in [0.29, 0.717) is 0 Å². The number of hydrogen-bond acceptors (Lipinski definition) is 7. The molecule has 8 nitrogen and oxygen atoms in total. The molecule has 1 fully saturated rings. The fourth-order valence-corrected chi connectivity index (χ4v) is 1.37. The first-order valence-electron chi connectivity index (χ1n) is 4.67. The van der Waals surface area contributed by atoms with Gasteiger partial charge in [0, 0.05) is 0 Å². The molecule has 8 heteroatoms. The van der Waals surface area contributed by atoms with E-state index in [1.54, 1.807) is 0 Å². The summed E-state index contributed by atoms with van der Waals surface area (Å²) in [5.74, 6) is -0.767. The predicted molar refractivity (Wildman–Crippen MR) is 48.9 cm³/mol. The molecule has 94 valence electrons. The van der Waals surface area contributed by atoms with Crippen LogP contribution in [0.3, 0.4) is 0 Å². The third-order valence-corrected chi connectivity index (χ3v) is 2.24. The minimum absolute atomic E-state index is 0.497. The van der Waals surface area contributed by atoms with E-state index in [1.165, 1.54) is 0 Å². The summed E-state index contributed by atoms with van der Waals surface area (Å²) in [6, 6.07) is 0. The molecule has 0 radical (unpaired) electrons. The third kappa shape index (κ3) is 2.88. The number of aliphatic hydroxyl groups excluding tert-OH is 4. The summed E-state index contributed by atoms with van der Waals surface area (Å²) in [6.07, 6.45) is -6.87. The van der Waals surface area contributed by atoms with Gasteiger partial charge in [0.25, 0.3) is 0 Å². The Hall–Kier alpha value is -0.770. The van der Waals surface area contributed by atoms with Gasteiger partial charge in [-0.05, 0) is 0 Å². The maximum Gasteiger partial charge on any atom is 0.243 e. The van der Waals surface area contributed by atoms with Gasteiger partial charge in [-0.25, -0.2) is 0 Å². The van der Waals surface area contributed by atoms with Gasteiger partial charge >= 0.3 is 0 Å². The Bertz CT molecular complexity index is 247. The van der Waals surface area contributed by atoms with Crippen LogP contribution >= 0.6 is 0 Å². The Labute approximate surface area is 91.2 Å². The van der Waals surface area contributed by atoms with Gasteiger partial charge in [-0.2, -0.15) is 0 Å². The molecule has 0 aromatic carbocycles. The van der Waals surface area contributed by atoms with Gasteiger partial charge in [-0.3, -0.25) is 4.79 Å². The van der Waals surface area contributed by atoms with Crippen LogP contribution in [0, 0.1) is 0 Å². The molecule has 0 bridgehead atoms. The Kier molecular flexibility index (Phi) is 4.59. The van der Waals surface area contributed by atoms with E-state index in [1.807, 2.05) is 0 Å². The van der Waals surface area contributed by atoms with Crippen molar-refractivity contribution in [3.8, 4) is 0 Å². The molecular formula is C8H15NO7. The number of amides is 1. The molecule has 0 saturated carbocycles. The maximum absolute atomic E-state index is 10.4. The number of ether oxygens (including phenoxy) is 2. The lowest BCUT2D eigenvalue weighted by Crippen LogP contribution is -2.59. The van der Waals surface area contributed by atoms with E-state index in [0.717, 1.165) is 0 Å². The normalized spacial score (nSPS) is 39.6. The summed E-state index contributed by atoms with van der Waals surface area (Å²) in [6.45, 7) is -1.05. The van der Waals surface area contributed by atoms with Crippen LogP contribution in [0.2, 0.25) is 0 Å². The van der Waals surface area contributed by atoms with Crippen molar-refractivity contribution in [2.24, 2.45) is 5.73 Å². The molecule has 0 aliphatic carbocycles. The third-order valence-electron chi connectivity index (χ3n) is 2.24. The van der Waals surface area contributed by atoms with E-state index in [4.69, 9.17) is 20.3 Å². The van der Waals surface area contributed by atoms with Crippen LogP contribution in [-0.2, 0) is 14.3 Å². The minimum atomic E-state index is -1.52. The molecule has 1 heterocycles. The van der Waals surface area contributed by atoms with Gasteiger partial charge in [-0.15, -0.1) is 0 Å². The van der Waals surface area contributed by atoms with Crippen LogP contribution in [0.1, 0.15) is 0 Å². The zero-order valence-electron chi connectivity index (χ0n) is 8.39. The van der Waals surface area contributed by atoms with Crippen molar-refractivity contribution >= 4 is 5.91 Å². The molecule has 6 N–H and O–H groups in total. The average molecular weight is 237 g/mol. The molecule has 0 unspecified atom stereocenters. The van der Waals surface area contributed by atoms with E-state index in [2.05, 4.69) is 0 Å². The lowest BCUT2D eigenvalue weighted by atomic mass is 9.99. The van der Waals surface area contributed by atoms with E-state index < -0.39 is 49.8 Å². The summed E-state index contributed by atoms with van der Waals surface area (Å²) in [7, 11) is 0. The summed E-state index contributed by atoms with van der Waals surface area (Å²) in [4.78, 5) is 10.4. The molecule has 0 aromatic heterocycles. The van der Waals surface area contributed by atoms with Gasteiger partial charge in [0.1, 0.15) is 31.0 Å². The number of rotatable bonds is 4. The Morgan fingerprint density at radius 3 is 2.38 bits per heavy atom. The second kappa shape index (κ2) is 5.53. The lowest BCUT2D eigenvalue weighted by Gasteiger charge is -2.39. The minimum Gasteiger partial charge on any atom is -0.394 e. The second-order valence-corrected chi connectivity index (χ2v) is 3.47. The van der Waals surface area contributed by atoms with Gasteiger partial charge in [0.15, 0.2) is 6.29 Å². The molecular weight excluding hydrogens is 222 g/mol. The standard InChI is InChI=1S/C8H15NO7/c9-4(11)2-15-8-7(14)6(13)5(12)3(1-10)16-8/h3,5-8,10,12-14H,1-2H2,(H2,9,11)/t3-,5-,6+,7+,8-/m1/s1. The highest BCUT2D eigenvalue weighted by Crippen LogP contribution is 2.21. The van der Waals surface area contributed by atoms with Crippen LogP contribution < -0.4 is 5.73 Å². The predicted octanol–water partition coefficient (Wildman–Crippen LogP) is -3.71. The molecule has 1 rings (SSSR count). The van der Waals surface area contributed by atoms with Crippen LogP contribution in [0.4, 0.5) is 0 Å². The fraction of sp³-hybridized carbons (Fsp3) is 0.875. The first kappa shape index (κ1) is 13.3. The highest BCUT2D eigenvalue weighted by atomic mass is 16.7. The van der Waals surface area contributed by atoms with E-state index in [9.17, 15) is 20.1 Å². The highest BCUT2D eigenvalue weighted by molar-refractivity contribution is 5.74. The topological polar surface area (TPSA) is 142 Å². The molecule has 16 heavy (non-hydrogen) atoms. The summed E-state index contributed by atoms with van der Waals surface area (Å²) < 4.78 is 9.72. The van der Waals surface area contributed by atoms with E-state index >= 15 is 0 Å². The summed E-state index contributed by atoms with van der Waals surface area (Å²) in [5, 5.41) is 37.0. The van der Waals surface area contributed by atoms with Crippen LogP contribution in [0.25, 0.3) is 0 Å². The highest BCUT2D eigenvalue weighted by Gasteiger charge is 2.44. The maximum atomic E-state index is 10.4. The molecule has 1 saturated heterocycles. The molecule has 5 atom stereocenters. The van der Waals surface area contributed by atoms with E-state index in [-0.39, 0.29) is 0 Å². The number of primary amides is 1. The van der Waals surface area contributed by atoms with Gasteiger partial charge in [-0.1, -0.05) is 0 Å². The molecule has 1 aliphatic heterocycles. The first-order chi connectivity index (χ1) is 7.47. The van der Waals surface area contributed by atoms with Crippen molar-refractivity contribution in [2.45, 2.75) is 30.7 Å². The smallest absolute Gasteiger partial charge is 0.243 e. The monoisotopic (exact) mass is 237 g/mol.